The van der Waals surface area contributed by atoms with Crippen molar-refractivity contribution in [3.63, 3.8) is 0 Å². The summed E-state index contributed by atoms with van der Waals surface area (Å²) in [7, 11) is 1.51. The molecular formula is C8H11N3O3. The van der Waals surface area contributed by atoms with Gasteiger partial charge in [-0.05, 0) is 6.07 Å². The standard InChI is InChI=1S/C8H11N3O3/c1-14-7-3-2-6(10-11-7)4-9-5-8(12)13/h2-3,9H,4-5H2,1H3,(H,12,13). The highest BCUT2D eigenvalue weighted by molar-refractivity contribution is 5.68. The van der Waals surface area contributed by atoms with Crippen molar-refractivity contribution in [2.45, 2.75) is 6.54 Å². The van der Waals surface area contributed by atoms with Gasteiger partial charge in [-0.3, -0.25) is 4.79 Å². The fourth-order valence-corrected chi connectivity index (χ4v) is 0.848. The number of ether oxygens (including phenoxy) is 1. The van der Waals surface area contributed by atoms with Gasteiger partial charge in [0.05, 0.1) is 19.3 Å². The zero-order valence-corrected chi connectivity index (χ0v) is 7.73. The van der Waals surface area contributed by atoms with E-state index in [4.69, 9.17) is 9.84 Å². The van der Waals surface area contributed by atoms with Crippen molar-refractivity contribution in [2.24, 2.45) is 0 Å². The van der Waals surface area contributed by atoms with E-state index in [0.29, 0.717) is 18.1 Å². The van der Waals surface area contributed by atoms with Crippen LogP contribution in [0.2, 0.25) is 0 Å². The van der Waals surface area contributed by atoms with E-state index in [0.717, 1.165) is 0 Å². The Morgan fingerprint density at radius 1 is 1.57 bits per heavy atom. The lowest BCUT2D eigenvalue weighted by atomic mass is 10.4. The lowest BCUT2D eigenvalue weighted by molar-refractivity contribution is -0.135. The molecule has 1 rings (SSSR count). The van der Waals surface area contributed by atoms with E-state index in [2.05, 4.69) is 15.5 Å². The molecule has 76 valence electrons. The monoisotopic (exact) mass is 197 g/mol. The van der Waals surface area contributed by atoms with Gasteiger partial charge in [-0.15, -0.1) is 5.10 Å². The van der Waals surface area contributed by atoms with E-state index < -0.39 is 5.97 Å². The summed E-state index contributed by atoms with van der Waals surface area (Å²) in [5, 5.41) is 18.6. The Kier molecular flexibility index (Phi) is 3.81. The number of carboxylic acid groups (broad SMARTS) is 1. The SMILES string of the molecule is COc1ccc(CNCC(=O)O)nn1. The van der Waals surface area contributed by atoms with Crippen LogP contribution in [0.15, 0.2) is 12.1 Å². The molecule has 0 amide bonds. The van der Waals surface area contributed by atoms with Gasteiger partial charge >= 0.3 is 5.97 Å². The van der Waals surface area contributed by atoms with Crippen LogP contribution in [0.25, 0.3) is 0 Å². The minimum atomic E-state index is -0.897. The molecular weight excluding hydrogens is 186 g/mol. The van der Waals surface area contributed by atoms with Crippen LogP contribution in [-0.4, -0.2) is 34.9 Å². The first-order valence-corrected chi connectivity index (χ1v) is 4.01. The Hall–Kier alpha value is -1.69. The molecule has 0 spiro atoms. The predicted molar refractivity (Wildman–Crippen MR) is 47.9 cm³/mol. The van der Waals surface area contributed by atoms with Crippen molar-refractivity contribution >= 4 is 5.97 Å². The molecule has 2 N–H and O–H groups in total. The highest BCUT2D eigenvalue weighted by atomic mass is 16.5. The first-order chi connectivity index (χ1) is 6.72. The van der Waals surface area contributed by atoms with Crippen molar-refractivity contribution in [1.29, 1.82) is 0 Å². The van der Waals surface area contributed by atoms with Crippen molar-refractivity contribution in [3.8, 4) is 5.88 Å². The molecule has 1 aromatic heterocycles. The second-order valence-corrected chi connectivity index (χ2v) is 2.56. The fourth-order valence-electron chi connectivity index (χ4n) is 0.848. The van der Waals surface area contributed by atoms with E-state index in [1.165, 1.54) is 7.11 Å². The van der Waals surface area contributed by atoms with E-state index in [1.54, 1.807) is 12.1 Å². The summed E-state index contributed by atoms with van der Waals surface area (Å²) in [5.41, 5.74) is 0.673. The van der Waals surface area contributed by atoms with Crippen LogP contribution in [0, 0.1) is 0 Å². The minimum Gasteiger partial charge on any atom is -0.480 e. The fraction of sp³-hybridized carbons (Fsp3) is 0.375. The third kappa shape index (κ3) is 3.36. The van der Waals surface area contributed by atoms with Crippen LogP contribution < -0.4 is 10.1 Å². The zero-order valence-electron chi connectivity index (χ0n) is 7.73. The second-order valence-electron chi connectivity index (χ2n) is 2.56. The highest BCUT2D eigenvalue weighted by Gasteiger charge is 1.99. The molecule has 0 unspecified atom stereocenters. The maximum atomic E-state index is 10.2. The van der Waals surface area contributed by atoms with Gasteiger partial charge < -0.3 is 15.2 Å². The maximum absolute atomic E-state index is 10.2. The smallest absolute Gasteiger partial charge is 0.317 e. The molecule has 0 bridgehead atoms. The highest BCUT2D eigenvalue weighted by Crippen LogP contribution is 2.02. The topological polar surface area (TPSA) is 84.3 Å². The number of hydrogen-bond acceptors (Lipinski definition) is 5. The number of aromatic nitrogens is 2. The molecule has 0 atom stereocenters. The van der Waals surface area contributed by atoms with Gasteiger partial charge in [-0.1, -0.05) is 0 Å². The number of rotatable bonds is 5. The maximum Gasteiger partial charge on any atom is 0.317 e. The Morgan fingerprint density at radius 3 is 2.86 bits per heavy atom. The summed E-state index contributed by atoms with van der Waals surface area (Å²) in [4.78, 5) is 10.2. The second kappa shape index (κ2) is 5.13. The third-order valence-corrected chi connectivity index (χ3v) is 1.49. The molecule has 0 radical (unpaired) electrons. The van der Waals surface area contributed by atoms with Crippen LogP contribution in [0.4, 0.5) is 0 Å². The molecule has 0 aliphatic carbocycles. The average Bonchev–Trinajstić information content (AvgIpc) is 2.18. The van der Waals surface area contributed by atoms with Gasteiger partial charge in [-0.2, -0.15) is 5.10 Å². The van der Waals surface area contributed by atoms with Crippen molar-refractivity contribution < 1.29 is 14.6 Å². The minimum absolute atomic E-state index is 0.0896. The van der Waals surface area contributed by atoms with Crippen molar-refractivity contribution in [3.05, 3.63) is 17.8 Å². The molecule has 1 aromatic rings. The quantitative estimate of drug-likeness (QED) is 0.671. The number of carbonyl (C=O) groups is 1. The number of methoxy groups -OCH3 is 1. The van der Waals surface area contributed by atoms with E-state index >= 15 is 0 Å². The number of nitrogens with one attached hydrogen (secondary N) is 1. The summed E-state index contributed by atoms with van der Waals surface area (Å²) in [5.74, 6) is -0.460. The predicted octanol–water partition coefficient (Wildman–Crippen LogP) is -0.341. The molecule has 0 saturated heterocycles. The Morgan fingerprint density at radius 2 is 2.36 bits per heavy atom. The summed E-state index contributed by atoms with van der Waals surface area (Å²) >= 11 is 0. The van der Waals surface area contributed by atoms with Gasteiger partial charge in [0.1, 0.15) is 0 Å². The lowest BCUT2D eigenvalue weighted by Gasteiger charge is -2.01. The average molecular weight is 197 g/mol. The molecule has 14 heavy (non-hydrogen) atoms. The van der Waals surface area contributed by atoms with E-state index in [1.807, 2.05) is 0 Å². The van der Waals surface area contributed by atoms with Crippen LogP contribution in [-0.2, 0) is 11.3 Å². The molecule has 6 heteroatoms. The number of aliphatic carboxylic acids is 1. The normalized spacial score (nSPS) is 9.79. The summed E-state index contributed by atoms with van der Waals surface area (Å²) < 4.78 is 4.82. The van der Waals surface area contributed by atoms with Crippen LogP contribution in [0.5, 0.6) is 5.88 Å². The molecule has 1 heterocycles. The molecule has 0 fully saturated rings. The Labute approximate surface area is 80.9 Å². The molecule has 6 nitrogen and oxygen atoms in total. The summed E-state index contributed by atoms with van der Waals surface area (Å²) in [6.07, 6.45) is 0. The van der Waals surface area contributed by atoms with Gasteiger partial charge in [-0.25, -0.2) is 0 Å². The van der Waals surface area contributed by atoms with Crippen LogP contribution in [0.1, 0.15) is 5.69 Å². The molecule has 0 aromatic carbocycles. The van der Waals surface area contributed by atoms with Gasteiger partial charge in [0.15, 0.2) is 0 Å². The number of hydrogen-bond donors (Lipinski definition) is 2. The number of carboxylic acids is 1. The van der Waals surface area contributed by atoms with Crippen LogP contribution >= 0.6 is 0 Å². The van der Waals surface area contributed by atoms with Crippen molar-refractivity contribution in [2.75, 3.05) is 13.7 Å². The molecule has 0 saturated carbocycles. The van der Waals surface area contributed by atoms with Gasteiger partial charge in [0.25, 0.3) is 0 Å². The van der Waals surface area contributed by atoms with Gasteiger partial charge in [0.2, 0.25) is 5.88 Å². The lowest BCUT2D eigenvalue weighted by Crippen LogP contribution is -2.22. The Balaban J connectivity index is 2.40. The van der Waals surface area contributed by atoms with Crippen LogP contribution in [0.3, 0.4) is 0 Å². The molecule has 0 aliphatic rings. The third-order valence-electron chi connectivity index (χ3n) is 1.49. The van der Waals surface area contributed by atoms with Gasteiger partial charge in [0, 0.05) is 12.6 Å². The first-order valence-electron chi connectivity index (χ1n) is 4.01. The van der Waals surface area contributed by atoms with Crippen molar-refractivity contribution in [1.82, 2.24) is 15.5 Å². The summed E-state index contributed by atoms with van der Waals surface area (Å²) in [6.45, 7) is 0.289. The molecule has 0 aliphatic heterocycles. The Bertz CT molecular complexity index is 299. The van der Waals surface area contributed by atoms with E-state index in [9.17, 15) is 4.79 Å². The zero-order chi connectivity index (χ0) is 10.4. The summed E-state index contributed by atoms with van der Waals surface area (Å²) in [6, 6.07) is 3.39. The number of nitrogens with zero attached hydrogens (tertiary/aromatic N) is 2. The van der Waals surface area contributed by atoms with E-state index in [-0.39, 0.29) is 6.54 Å². The first kappa shape index (κ1) is 10.4. The largest absolute Gasteiger partial charge is 0.480 e.